The first-order valence-corrected chi connectivity index (χ1v) is 9.16. The molecule has 2 rings (SSSR count). The van der Waals surface area contributed by atoms with Crippen LogP contribution in [0.1, 0.15) is 21.5 Å². The summed E-state index contributed by atoms with van der Waals surface area (Å²) in [4.78, 5) is 12.5. The van der Waals surface area contributed by atoms with Crippen LogP contribution in [-0.2, 0) is 21.4 Å². The highest BCUT2D eigenvalue weighted by Crippen LogP contribution is 2.21. The summed E-state index contributed by atoms with van der Waals surface area (Å²) in [6, 6.07) is 12.3. The van der Waals surface area contributed by atoms with Crippen molar-refractivity contribution in [3.63, 3.8) is 0 Å². The van der Waals surface area contributed by atoms with Crippen LogP contribution in [0, 0.1) is 6.92 Å². The van der Waals surface area contributed by atoms with Crippen molar-refractivity contribution >= 4 is 27.3 Å². The molecule has 0 aliphatic carbocycles. The molecule has 0 unspecified atom stereocenters. The third-order valence-corrected chi connectivity index (χ3v) is 3.96. The molecule has 0 fully saturated rings. The fraction of sp³-hybridized carbons (Fsp3) is 0.235. The largest absolute Gasteiger partial charge is 0.380 e. The van der Waals surface area contributed by atoms with Gasteiger partial charge < -0.3 is 10.1 Å². The minimum absolute atomic E-state index is 0.306. The monoisotopic (exact) mass is 348 g/mol. The number of anilines is 2. The Morgan fingerprint density at radius 3 is 2.54 bits per heavy atom. The molecule has 0 spiro atoms. The standard InChI is InChI=1S/C17H20N2O4S/c1-12-15(8-5-9-16(12)19-24(3,21)22)17(20)18-14-7-4-6-13(10-14)11-23-2/h4-10,19H,11H2,1-3H3,(H,18,20). The van der Waals surface area contributed by atoms with Gasteiger partial charge in [-0.15, -0.1) is 0 Å². The zero-order valence-electron chi connectivity index (χ0n) is 13.8. The molecule has 0 saturated heterocycles. The van der Waals surface area contributed by atoms with Gasteiger partial charge in [0.25, 0.3) is 5.91 Å². The maximum Gasteiger partial charge on any atom is 0.256 e. The second-order valence-corrected chi connectivity index (χ2v) is 7.19. The van der Waals surface area contributed by atoms with Crippen LogP contribution >= 0.6 is 0 Å². The van der Waals surface area contributed by atoms with Crippen LogP contribution in [0.3, 0.4) is 0 Å². The molecule has 0 heterocycles. The van der Waals surface area contributed by atoms with E-state index in [0.29, 0.717) is 29.1 Å². The fourth-order valence-corrected chi connectivity index (χ4v) is 2.92. The Morgan fingerprint density at radius 2 is 1.88 bits per heavy atom. The number of ether oxygens (including phenoxy) is 1. The van der Waals surface area contributed by atoms with Crippen LogP contribution in [0.2, 0.25) is 0 Å². The third-order valence-electron chi connectivity index (χ3n) is 3.37. The first-order valence-electron chi connectivity index (χ1n) is 7.27. The molecular formula is C17H20N2O4S. The summed E-state index contributed by atoms with van der Waals surface area (Å²) in [6.45, 7) is 2.15. The second-order valence-electron chi connectivity index (χ2n) is 5.44. The number of sulfonamides is 1. The van der Waals surface area contributed by atoms with Crippen molar-refractivity contribution in [1.29, 1.82) is 0 Å². The molecule has 0 atom stereocenters. The molecule has 0 aromatic heterocycles. The molecule has 2 N–H and O–H groups in total. The Balaban J connectivity index is 2.24. The Kier molecular flexibility index (Phi) is 5.58. The van der Waals surface area contributed by atoms with Crippen LogP contribution in [0.15, 0.2) is 42.5 Å². The van der Waals surface area contributed by atoms with Gasteiger partial charge in [-0.1, -0.05) is 18.2 Å². The summed E-state index contributed by atoms with van der Waals surface area (Å²) >= 11 is 0. The lowest BCUT2D eigenvalue weighted by Gasteiger charge is -2.13. The Hall–Kier alpha value is -2.38. The van der Waals surface area contributed by atoms with Crippen LogP contribution in [-0.4, -0.2) is 27.7 Å². The van der Waals surface area contributed by atoms with Crippen molar-refractivity contribution in [2.24, 2.45) is 0 Å². The van der Waals surface area contributed by atoms with Crippen molar-refractivity contribution in [3.05, 3.63) is 59.2 Å². The van der Waals surface area contributed by atoms with Crippen LogP contribution in [0.4, 0.5) is 11.4 Å². The van der Waals surface area contributed by atoms with Gasteiger partial charge in [-0.05, 0) is 42.3 Å². The smallest absolute Gasteiger partial charge is 0.256 e. The Morgan fingerprint density at radius 1 is 1.17 bits per heavy atom. The van der Waals surface area contributed by atoms with Gasteiger partial charge in [-0.3, -0.25) is 9.52 Å². The molecule has 1 amide bonds. The lowest BCUT2D eigenvalue weighted by atomic mass is 10.1. The molecule has 7 heteroatoms. The average molecular weight is 348 g/mol. The highest BCUT2D eigenvalue weighted by Gasteiger charge is 2.14. The minimum atomic E-state index is -3.41. The van der Waals surface area contributed by atoms with E-state index in [1.807, 2.05) is 18.2 Å². The van der Waals surface area contributed by atoms with Gasteiger partial charge in [0.1, 0.15) is 0 Å². The predicted octanol–water partition coefficient (Wildman–Crippen LogP) is 2.77. The Bertz CT molecular complexity index is 847. The zero-order valence-corrected chi connectivity index (χ0v) is 14.6. The van der Waals surface area contributed by atoms with Gasteiger partial charge in [-0.2, -0.15) is 0 Å². The molecule has 0 radical (unpaired) electrons. The molecular weight excluding hydrogens is 328 g/mol. The number of amides is 1. The molecule has 2 aromatic carbocycles. The fourth-order valence-electron chi connectivity index (χ4n) is 2.30. The summed E-state index contributed by atoms with van der Waals surface area (Å²) in [7, 11) is -1.80. The Labute approximate surface area is 141 Å². The van der Waals surface area contributed by atoms with E-state index in [2.05, 4.69) is 10.0 Å². The number of hydrogen-bond acceptors (Lipinski definition) is 4. The lowest BCUT2D eigenvalue weighted by molar-refractivity contribution is 0.102. The molecule has 24 heavy (non-hydrogen) atoms. The van der Waals surface area contributed by atoms with E-state index in [4.69, 9.17) is 4.74 Å². The third kappa shape index (κ3) is 4.81. The summed E-state index contributed by atoms with van der Waals surface area (Å²) in [5, 5.41) is 2.82. The summed E-state index contributed by atoms with van der Waals surface area (Å²) in [5.74, 6) is -0.306. The van der Waals surface area contributed by atoms with E-state index in [9.17, 15) is 13.2 Å². The van der Waals surface area contributed by atoms with Gasteiger partial charge in [-0.25, -0.2) is 8.42 Å². The highest BCUT2D eigenvalue weighted by molar-refractivity contribution is 7.92. The number of carbonyl (C=O) groups is 1. The van der Waals surface area contributed by atoms with Crippen molar-refractivity contribution in [3.8, 4) is 0 Å². The van der Waals surface area contributed by atoms with Gasteiger partial charge in [0.2, 0.25) is 10.0 Å². The molecule has 2 aromatic rings. The van der Waals surface area contributed by atoms with Gasteiger partial charge in [0.05, 0.1) is 18.6 Å². The average Bonchev–Trinajstić information content (AvgIpc) is 2.48. The van der Waals surface area contributed by atoms with E-state index in [1.165, 1.54) is 0 Å². The number of rotatable bonds is 6. The van der Waals surface area contributed by atoms with Gasteiger partial charge in [0.15, 0.2) is 0 Å². The molecule has 0 saturated carbocycles. The number of nitrogens with one attached hydrogen (secondary N) is 2. The molecule has 0 aliphatic rings. The minimum Gasteiger partial charge on any atom is -0.380 e. The van der Waals surface area contributed by atoms with E-state index < -0.39 is 10.0 Å². The molecule has 6 nitrogen and oxygen atoms in total. The van der Waals surface area contributed by atoms with E-state index in [1.54, 1.807) is 38.3 Å². The van der Waals surface area contributed by atoms with Gasteiger partial charge >= 0.3 is 0 Å². The SMILES string of the molecule is COCc1cccc(NC(=O)c2cccc(NS(C)(=O)=O)c2C)c1. The summed E-state index contributed by atoms with van der Waals surface area (Å²) in [5.41, 5.74) is 2.95. The lowest BCUT2D eigenvalue weighted by Crippen LogP contribution is -2.16. The van der Waals surface area contributed by atoms with Crippen molar-refractivity contribution in [2.75, 3.05) is 23.4 Å². The molecule has 0 aliphatic heterocycles. The van der Waals surface area contributed by atoms with Gasteiger partial charge in [0, 0.05) is 18.4 Å². The van der Waals surface area contributed by atoms with Crippen LogP contribution < -0.4 is 10.0 Å². The second kappa shape index (κ2) is 7.46. The number of hydrogen-bond donors (Lipinski definition) is 2. The summed E-state index contributed by atoms with van der Waals surface area (Å²) < 4.78 is 30.3. The first-order chi connectivity index (χ1) is 11.3. The van der Waals surface area contributed by atoms with E-state index >= 15 is 0 Å². The first kappa shape index (κ1) is 18.0. The van der Waals surface area contributed by atoms with Crippen molar-refractivity contribution in [1.82, 2.24) is 0 Å². The van der Waals surface area contributed by atoms with Crippen molar-refractivity contribution < 1.29 is 17.9 Å². The summed E-state index contributed by atoms with van der Waals surface area (Å²) in [6.07, 6.45) is 1.07. The number of methoxy groups -OCH3 is 1. The van der Waals surface area contributed by atoms with Crippen LogP contribution in [0.25, 0.3) is 0 Å². The van der Waals surface area contributed by atoms with Crippen LogP contribution in [0.5, 0.6) is 0 Å². The maximum atomic E-state index is 12.5. The maximum absolute atomic E-state index is 12.5. The number of carbonyl (C=O) groups excluding carboxylic acids is 1. The van der Waals surface area contributed by atoms with E-state index in [0.717, 1.165) is 11.8 Å². The molecule has 128 valence electrons. The number of benzene rings is 2. The topological polar surface area (TPSA) is 84.5 Å². The zero-order chi connectivity index (χ0) is 17.7. The van der Waals surface area contributed by atoms with E-state index in [-0.39, 0.29) is 5.91 Å². The predicted molar refractivity (Wildman–Crippen MR) is 94.8 cm³/mol. The molecule has 0 bridgehead atoms. The quantitative estimate of drug-likeness (QED) is 0.841. The van der Waals surface area contributed by atoms with Crippen molar-refractivity contribution in [2.45, 2.75) is 13.5 Å². The normalized spacial score (nSPS) is 11.1. The highest BCUT2D eigenvalue weighted by atomic mass is 32.2.